The monoisotopic (exact) mass is 405 g/mol. The van der Waals surface area contributed by atoms with E-state index in [1.165, 1.54) is 6.07 Å². The lowest BCUT2D eigenvalue weighted by Gasteiger charge is -2.24. The molecule has 0 fully saturated rings. The third kappa shape index (κ3) is 3.77. The highest BCUT2D eigenvalue weighted by Crippen LogP contribution is 2.37. The summed E-state index contributed by atoms with van der Waals surface area (Å²) in [5, 5.41) is 3.16. The molecule has 5 heteroatoms. The van der Waals surface area contributed by atoms with Crippen LogP contribution in [0.2, 0.25) is 0 Å². The van der Waals surface area contributed by atoms with Crippen LogP contribution in [0.15, 0.2) is 48.5 Å². The van der Waals surface area contributed by atoms with Crippen molar-refractivity contribution in [3.63, 3.8) is 0 Å². The maximum atomic E-state index is 13.2. The predicted molar refractivity (Wildman–Crippen MR) is 86.1 cm³/mol. The molecule has 2 rings (SSSR count). The lowest BCUT2D eigenvalue weighted by molar-refractivity contribution is -0.138. The molecule has 2 aromatic rings. The minimum Gasteiger partial charge on any atom is -0.306 e. The molecule has 0 bridgehead atoms. The van der Waals surface area contributed by atoms with E-state index < -0.39 is 17.8 Å². The van der Waals surface area contributed by atoms with Crippen molar-refractivity contribution in [2.75, 3.05) is 6.54 Å². The highest BCUT2D eigenvalue weighted by atomic mass is 127. The van der Waals surface area contributed by atoms with Crippen LogP contribution in [-0.2, 0) is 6.18 Å². The van der Waals surface area contributed by atoms with E-state index in [2.05, 4.69) is 27.9 Å². The minimum absolute atomic E-state index is 0.260. The number of nitrogens with one attached hydrogen (secondary N) is 1. The Labute approximate surface area is 135 Å². The molecular weight excluding hydrogens is 390 g/mol. The molecule has 112 valence electrons. The summed E-state index contributed by atoms with van der Waals surface area (Å²) in [6.45, 7) is 2.47. The van der Waals surface area contributed by atoms with Crippen LogP contribution in [0.5, 0.6) is 0 Å². The normalized spacial score (nSPS) is 13.2. The summed E-state index contributed by atoms with van der Waals surface area (Å²) in [4.78, 5) is 0. The summed E-state index contributed by atoms with van der Waals surface area (Å²) in [5.74, 6) is 0. The fourth-order valence-corrected chi connectivity index (χ4v) is 3.01. The SMILES string of the molecule is CCNC(c1ccccc1I)c1ccccc1C(F)(F)F. The van der Waals surface area contributed by atoms with Crippen LogP contribution in [0.1, 0.15) is 29.7 Å². The molecule has 1 unspecified atom stereocenters. The van der Waals surface area contributed by atoms with Crippen molar-refractivity contribution >= 4 is 22.6 Å². The Kier molecular flexibility index (Phi) is 5.27. The molecule has 0 aliphatic rings. The van der Waals surface area contributed by atoms with Gasteiger partial charge in [-0.2, -0.15) is 13.2 Å². The fraction of sp³-hybridized carbons (Fsp3) is 0.250. The van der Waals surface area contributed by atoms with Crippen molar-refractivity contribution in [3.05, 3.63) is 68.8 Å². The van der Waals surface area contributed by atoms with Gasteiger partial charge in [0, 0.05) is 3.57 Å². The van der Waals surface area contributed by atoms with Gasteiger partial charge in [0.15, 0.2) is 0 Å². The van der Waals surface area contributed by atoms with E-state index >= 15 is 0 Å². The quantitative estimate of drug-likeness (QED) is 0.706. The number of hydrogen-bond acceptors (Lipinski definition) is 1. The topological polar surface area (TPSA) is 12.0 Å². The van der Waals surface area contributed by atoms with Gasteiger partial charge in [-0.3, -0.25) is 0 Å². The molecule has 0 amide bonds. The van der Waals surface area contributed by atoms with E-state index in [0.717, 1.165) is 15.2 Å². The number of benzene rings is 2. The number of hydrogen-bond donors (Lipinski definition) is 1. The van der Waals surface area contributed by atoms with Crippen LogP contribution in [0.3, 0.4) is 0 Å². The van der Waals surface area contributed by atoms with Gasteiger partial charge in [-0.1, -0.05) is 43.3 Å². The van der Waals surface area contributed by atoms with Gasteiger partial charge in [0.25, 0.3) is 0 Å². The van der Waals surface area contributed by atoms with Gasteiger partial charge in [-0.25, -0.2) is 0 Å². The summed E-state index contributed by atoms with van der Waals surface area (Å²) in [6.07, 6.45) is -4.36. The molecule has 2 aromatic carbocycles. The van der Waals surface area contributed by atoms with E-state index in [1.54, 1.807) is 12.1 Å². The van der Waals surface area contributed by atoms with E-state index in [-0.39, 0.29) is 5.56 Å². The Morgan fingerprint density at radius 3 is 2.14 bits per heavy atom. The lowest BCUT2D eigenvalue weighted by Crippen LogP contribution is -2.25. The van der Waals surface area contributed by atoms with Crippen molar-refractivity contribution in [1.82, 2.24) is 5.32 Å². The smallest absolute Gasteiger partial charge is 0.306 e. The largest absolute Gasteiger partial charge is 0.416 e. The van der Waals surface area contributed by atoms with Crippen molar-refractivity contribution < 1.29 is 13.2 Å². The minimum atomic E-state index is -4.36. The third-order valence-corrected chi connectivity index (χ3v) is 4.18. The van der Waals surface area contributed by atoms with Crippen LogP contribution in [-0.4, -0.2) is 6.54 Å². The molecule has 0 aromatic heterocycles. The first-order valence-corrected chi connectivity index (χ1v) is 7.67. The van der Waals surface area contributed by atoms with Gasteiger partial charge in [0.05, 0.1) is 11.6 Å². The summed E-state index contributed by atoms with van der Waals surface area (Å²) in [5.41, 5.74) is 0.531. The van der Waals surface area contributed by atoms with Crippen molar-refractivity contribution in [1.29, 1.82) is 0 Å². The molecule has 1 atom stereocenters. The maximum Gasteiger partial charge on any atom is 0.416 e. The predicted octanol–water partition coefficient (Wildman–Crippen LogP) is 5.01. The average Bonchev–Trinajstić information content (AvgIpc) is 2.45. The Balaban J connectivity index is 2.57. The molecule has 0 radical (unpaired) electrons. The Morgan fingerprint density at radius 2 is 1.57 bits per heavy atom. The Hall–Kier alpha value is -1.08. The van der Waals surface area contributed by atoms with Crippen LogP contribution in [0.25, 0.3) is 0 Å². The fourth-order valence-electron chi connectivity index (χ4n) is 2.31. The average molecular weight is 405 g/mol. The second kappa shape index (κ2) is 6.79. The Bertz CT molecular complexity index is 610. The van der Waals surface area contributed by atoms with Crippen LogP contribution in [0.4, 0.5) is 13.2 Å². The van der Waals surface area contributed by atoms with Crippen LogP contribution < -0.4 is 5.32 Å². The zero-order valence-corrected chi connectivity index (χ0v) is 13.6. The van der Waals surface area contributed by atoms with E-state index in [4.69, 9.17) is 0 Å². The summed E-state index contributed by atoms with van der Waals surface area (Å²) in [7, 11) is 0. The molecule has 21 heavy (non-hydrogen) atoms. The highest BCUT2D eigenvalue weighted by Gasteiger charge is 2.35. The molecule has 0 saturated carbocycles. The third-order valence-electron chi connectivity index (χ3n) is 3.20. The first-order chi connectivity index (χ1) is 9.95. The Morgan fingerprint density at radius 1 is 1.00 bits per heavy atom. The van der Waals surface area contributed by atoms with E-state index in [0.29, 0.717) is 6.54 Å². The summed E-state index contributed by atoms with van der Waals surface area (Å²) in [6, 6.07) is 12.8. The van der Waals surface area contributed by atoms with Gasteiger partial charge < -0.3 is 5.32 Å². The number of rotatable bonds is 4. The van der Waals surface area contributed by atoms with Crippen molar-refractivity contribution in [2.45, 2.75) is 19.1 Å². The molecule has 1 N–H and O–H groups in total. The van der Waals surface area contributed by atoms with Gasteiger partial charge in [0.1, 0.15) is 0 Å². The zero-order valence-electron chi connectivity index (χ0n) is 11.4. The second-order valence-electron chi connectivity index (χ2n) is 4.60. The molecule has 0 heterocycles. The van der Waals surface area contributed by atoms with Crippen LogP contribution in [0, 0.1) is 3.57 Å². The molecule has 0 spiro atoms. The molecule has 1 nitrogen and oxygen atoms in total. The zero-order chi connectivity index (χ0) is 15.5. The number of alkyl halides is 3. The maximum absolute atomic E-state index is 13.2. The van der Waals surface area contributed by atoms with E-state index in [9.17, 15) is 13.2 Å². The standard InChI is InChI=1S/C16H15F3IN/c1-2-21-15(12-8-4-6-10-14(12)20)11-7-3-5-9-13(11)16(17,18)19/h3-10,15,21H,2H2,1H3. The molecule has 0 aliphatic heterocycles. The first-order valence-electron chi connectivity index (χ1n) is 6.59. The second-order valence-corrected chi connectivity index (χ2v) is 5.76. The number of halogens is 4. The summed E-state index contributed by atoms with van der Waals surface area (Å²) < 4.78 is 40.6. The van der Waals surface area contributed by atoms with Crippen molar-refractivity contribution in [2.24, 2.45) is 0 Å². The van der Waals surface area contributed by atoms with Gasteiger partial charge in [0.2, 0.25) is 0 Å². The van der Waals surface area contributed by atoms with Gasteiger partial charge in [-0.15, -0.1) is 0 Å². The summed E-state index contributed by atoms with van der Waals surface area (Å²) >= 11 is 2.15. The first kappa shape index (κ1) is 16.3. The lowest BCUT2D eigenvalue weighted by atomic mass is 9.94. The van der Waals surface area contributed by atoms with Crippen molar-refractivity contribution in [3.8, 4) is 0 Å². The highest BCUT2D eigenvalue weighted by molar-refractivity contribution is 14.1. The van der Waals surface area contributed by atoms with Crippen LogP contribution >= 0.6 is 22.6 Å². The molecule has 0 aliphatic carbocycles. The molecule has 0 saturated heterocycles. The van der Waals surface area contributed by atoms with Gasteiger partial charge >= 0.3 is 6.18 Å². The molecular formula is C16H15F3IN. The van der Waals surface area contributed by atoms with Gasteiger partial charge in [-0.05, 0) is 52.4 Å². The van der Waals surface area contributed by atoms with E-state index in [1.807, 2.05) is 31.2 Å².